The summed E-state index contributed by atoms with van der Waals surface area (Å²) in [7, 11) is 3.71. The molecule has 0 aliphatic heterocycles. The number of nitrogens with zero attached hydrogens (tertiary/aromatic N) is 1. The second-order valence-corrected chi connectivity index (χ2v) is 2.33. The molecule has 0 radical (unpaired) electrons. The summed E-state index contributed by atoms with van der Waals surface area (Å²) in [6, 6.07) is 0. The Labute approximate surface area is 59.4 Å². The maximum atomic E-state index is 9.64. The minimum atomic E-state index is 0.384. The van der Waals surface area contributed by atoms with Crippen LogP contribution >= 0.6 is 11.6 Å². The average molecular weight is 146 g/mol. The van der Waals surface area contributed by atoms with Gasteiger partial charge in [0, 0.05) is 6.54 Å². The zero-order valence-corrected chi connectivity index (χ0v) is 6.20. The molecule has 0 fully saturated rings. The Kier molecular flexibility index (Phi) is 4.12. The molecule has 0 aliphatic carbocycles. The van der Waals surface area contributed by atoms with Gasteiger partial charge in [-0.25, -0.2) is 4.79 Å². The van der Waals surface area contributed by atoms with Crippen molar-refractivity contribution in [3.8, 4) is 0 Å². The first-order valence-corrected chi connectivity index (χ1v) is 2.84. The van der Waals surface area contributed by atoms with Gasteiger partial charge in [0.05, 0.1) is 5.03 Å². The number of likely N-dealkylation sites (N-methyl/N-ethyl adjacent to an activating group) is 1. The van der Waals surface area contributed by atoms with E-state index in [0.29, 0.717) is 11.6 Å². The number of hydrogen-bond donors (Lipinski definition) is 0. The van der Waals surface area contributed by atoms with E-state index >= 15 is 0 Å². The van der Waals surface area contributed by atoms with Gasteiger partial charge in [-0.2, -0.15) is 0 Å². The Bertz CT molecular complexity index is 164. The SMILES string of the molecule is CN(C)CC(Cl)=C=C=O. The van der Waals surface area contributed by atoms with E-state index in [1.54, 1.807) is 0 Å². The minimum absolute atomic E-state index is 0.384. The number of hydrogen-bond acceptors (Lipinski definition) is 2. The minimum Gasteiger partial charge on any atom is -0.304 e. The molecular weight excluding hydrogens is 138 g/mol. The largest absolute Gasteiger partial charge is 0.304 e. The van der Waals surface area contributed by atoms with Crippen LogP contribution in [0.15, 0.2) is 10.8 Å². The van der Waals surface area contributed by atoms with E-state index in [9.17, 15) is 4.79 Å². The molecule has 9 heavy (non-hydrogen) atoms. The van der Waals surface area contributed by atoms with Crippen LogP contribution in [0.1, 0.15) is 0 Å². The van der Waals surface area contributed by atoms with Crippen LogP contribution in [-0.2, 0) is 4.79 Å². The van der Waals surface area contributed by atoms with E-state index in [0.717, 1.165) is 0 Å². The highest BCUT2D eigenvalue weighted by Gasteiger charge is 1.91. The third kappa shape index (κ3) is 5.35. The van der Waals surface area contributed by atoms with Gasteiger partial charge in [-0.1, -0.05) is 11.6 Å². The molecule has 0 unspecified atom stereocenters. The second-order valence-electron chi connectivity index (χ2n) is 1.87. The molecule has 0 amide bonds. The van der Waals surface area contributed by atoms with Crippen molar-refractivity contribution in [1.29, 1.82) is 0 Å². The summed E-state index contributed by atoms with van der Waals surface area (Å²) < 4.78 is 0. The molecule has 0 saturated carbocycles. The second kappa shape index (κ2) is 4.37. The van der Waals surface area contributed by atoms with Crippen molar-refractivity contribution in [2.24, 2.45) is 0 Å². The third-order valence-electron chi connectivity index (χ3n) is 0.642. The summed E-state index contributed by atoms with van der Waals surface area (Å²) in [6.07, 6.45) is 0. The lowest BCUT2D eigenvalue weighted by Crippen LogP contribution is -2.12. The first kappa shape index (κ1) is 8.48. The Morgan fingerprint density at radius 1 is 1.67 bits per heavy atom. The molecule has 0 N–H and O–H groups in total. The Morgan fingerprint density at radius 2 is 2.22 bits per heavy atom. The molecule has 0 bridgehead atoms. The summed E-state index contributed by atoms with van der Waals surface area (Å²) in [5.74, 6) is 1.48. The fraction of sp³-hybridized carbons (Fsp3) is 0.500. The van der Waals surface area contributed by atoms with Gasteiger partial charge >= 0.3 is 0 Å². The van der Waals surface area contributed by atoms with Crippen molar-refractivity contribution in [3.63, 3.8) is 0 Å². The molecule has 0 atom stereocenters. The molecule has 0 aliphatic rings. The molecule has 0 aromatic heterocycles. The first-order chi connectivity index (χ1) is 4.16. The zero-order chi connectivity index (χ0) is 7.28. The zero-order valence-electron chi connectivity index (χ0n) is 5.44. The summed E-state index contributed by atoms with van der Waals surface area (Å²) in [6.45, 7) is 0.538. The van der Waals surface area contributed by atoms with Crippen LogP contribution < -0.4 is 0 Å². The van der Waals surface area contributed by atoms with Gasteiger partial charge in [0.15, 0.2) is 5.94 Å². The lowest BCUT2D eigenvalue weighted by Gasteiger charge is -2.04. The smallest absolute Gasteiger partial charge is 0.178 e. The van der Waals surface area contributed by atoms with E-state index in [1.165, 1.54) is 5.94 Å². The maximum Gasteiger partial charge on any atom is 0.178 e. The van der Waals surface area contributed by atoms with Crippen molar-refractivity contribution >= 4 is 17.5 Å². The fourth-order valence-corrected chi connectivity index (χ4v) is 0.650. The van der Waals surface area contributed by atoms with Crippen molar-refractivity contribution in [1.82, 2.24) is 4.90 Å². The predicted molar refractivity (Wildman–Crippen MR) is 37.1 cm³/mol. The number of halogens is 1. The van der Waals surface area contributed by atoms with Crippen LogP contribution in [0.3, 0.4) is 0 Å². The van der Waals surface area contributed by atoms with Gasteiger partial charge in [-0.3, -0.25) is 0 Å². The van der Waals surface area contributed by atoms with E-state index in [4.69, 9.17) is 11.6 Å². The predicted octanol–water partition coefficient (Wildman–Crippen LogP) is 0.657. The number of carbonyl (C=O) groups excluding carboxylic acids is 1. The van der Waals surface area contributed by atoms with Crippen LogP contribution in [0.2, 0.25) is 0 Å². The molecule has 0 heterocycles. The van der Waals surface area contributed by atoms with E-state index in [2.05, 4.69) is 5.73 Å². The highest BCUT2D eigenvalue weighted by molar-refractivity contribution is 6.30. The van der Waals surface area contributed by atoms with Gasteiger partial charge in [0.2, 0.25) is 0 Å². The number of rotatable bonds is 2. The van der Waals surface area contributed by atoms with E-state index in [1.807, 2.05) is 19.0 Å². The summed E-state index contributed by atoms with van der Waals surface area (Å²) >= 11 is 5.48. The van der Waals surface area contributed by atoms with Crippen LogP contribution in [0.4, 0.5) is 0 Å². The topological polar surface area (TPSA) is 20.3 Å². The lowest BCUT2D eigenvalue weighted by atomic mass is 10.5. The van der Waals surface area contributed by atoms with Gasteiger partial charge in [0.1, 0.15) is 0 Å². The summed E-state index contributed by atoms with van der Waals surface area (Å²) in [5, 5.41) is 0.384. The third-order valence-corrected chi connectivity index (χ3v) is 0.856. The normalized spacial score (nSPS) is 8.44. The standard InChI is InChI=1S/C6H8ClNO/c1-8(2)5-6(7)3-4-9/h5H2,1-2H3. The Hall–Kier alpha value is -0.520. The van der Waals surface area contributed by atoms with Crippen molar-refractivity contribution in [2.45, 2.75) is 0 Å². The monoisotopic (exact) mass is 145 g/mol. The molecule has 0 aromatic rings. The fourth-order valence-electron chi connectivity index (χ4n) is 0.373. The van der Waals surface area contributed by atoms with Gasteiger partial charge in [-0.15, -0.1) is 0 Å². The first-order valence-electron chi connectivity index (χ1n) is 2.46. The van der Waals surface area contributed by atoms with Crippen molar-refractivity contribution in [2.75, 3.05) is 20.6 Å². The van der Waals surface area contributed by atoms with Crippen molar-refractivity contribution < 1.29 is 4.79 Å². The van der Waals surface area contributed by atoms with Crippen LogP contribution in [0.25, 0.3) is 0 Å². The van der Waals surface area contributed by atoms with Crippen LogP contribution in [-0.4, -0.2) is 31.5 Å². The Balaban J connectivity index is 3.92. The van der Waals surface area contributed by atoms with Crippen LogP contribution in [0, 0.1) is 0 Å². The van der Waals surface area contributed by atoms with E-state index < -0.39 is 0 Å². The lowest BCUT2D eigenvalue weighted by molar-refractivity contribution is 0.453. The van der Waals surface area contributed by atoms with Gasteiger partial charge in [-0.05, 0) is 19.8 Å². The molecule has 0 spiro atoms. The molecule has 0 aromatic carbocycles. The molecule has 3 heteroatoms. The molecule has 0 rings (SSSR count). The summed E-state index contributed by atoms with van der Waals surface area (Å²) in [4.78, 5) is 11.5. The Morgan fingerprint density at radius 3 is 2.56 bits per heavy atom. The highest BCUT2D eigenvalue weighted by Crippen LogP contribution is 1.97. The molecule has 0 saturated heterocycles. The van der Waals surface area contributed by atoms with Crippen molar-refractivity contribution in [3.05, 3.63) is 10.8 Å². The maximum absolute atomic E-state index is 9.64. The molecular formula is C6H8ClNO. The molecule has 50 valence electrons. The van der Waals surface area contributed by atoms with E-state index in [-0.39, 0.29) is 0 Å². The van der Waals surface area contributed by atoms with Gasteiger partial charge < -0.3 is 4.90 Å². The highest BCUT2D eigenvalue weighted by atomic mass is 35.5. The molecule has 2 nitrogen and oxygen atoms in total. The van der Waals surface area contributed by atoms with Gasteiger partial charge in [0.25, 0.3) is 0 Å². The quantitative estimate of drug-likeness (QED) is 0.420. The summed E-state index contributed by atoms with van der Waals surface area (Å²) in [5.41, 5.74) is 2.21. The van der Waals surface area contributed by atoms with Crippen LogP contribution in [0.5, 0.6) is 0 Å². The average Bonchev–Trinajstić information content (AvgIpc) is 1.63.